The largest absolute Gasteiger partial charge is 0.328 e. The molecule has 0 heterocycles. The Morgan fingerprint density at radius 2 is 1.89 bits per heavy atom. The number of nitrogens with one attached hydrogen (secondary N) is 1. The van der Waals surface area contributed by atoms with Gasteiger partial charge in [0, 0.05) is 18.2 Å². The van der Waals surface area contributed by atoms with E-state index in [0.717, 1.165) is 38.3 Å². The average Bonchev–Trinajstić information content (AvgIpc) is 2.34. The van der Waals surface area contributed by atoms with Crippen LogP contribution in [0.25, 0.3) is 0 Å². The predicted molar refractivity (Wildman–Crippen MR) is 68.3 cm³/mol. The summed E-state index contributed by atoms with van der Waals surface area (Å²) in [7, 11) is 0. The number of hydrogen-bond acceptors (Lipinski definition) is 2. The smallest absolute Gasteiger partial charge is 0.129 e. The van der Waals surface area contributed by atoms with E-state index in [1.807, 2.05) is 0 Å². The van der Waals surface area contributed by atoms with Gasteiger partial charge in [-0.3, -0.25) is 0 Å². The van der Waals surface area contributed by atoms with Crippen molar-refractivity contribution in [2.45, 2.75) is 44.2 Å². The molecule has 100 valence electrons. The molecule has 0 amide bonds. The number of benzene rings is 1. The highest BCUT2D eigenvalue weighted by atomic mass is 19.1. The van der Waals surface area contributed by atoms with Gasteiger partial charge in [0.25, 0.3) is 0 Å². The van der Waals surface area contributed by atoms with Crippen LogP contribution >= 0.6 is 0 Å². The first-order valence-corrected chi connectivity index (χ1v) is 6.58. The minimum Gasteiger partial charge on any atom is -0.328 e. The zero-order chi connectivity index (χ0) is 13.0. The van der Waals surface area contributed by atoms with E-state index < -0.39 is 11.6 Å². The fourth-order valence-electron chi connectivity index (χ4n) is 2.46. The van der Waals surface area contributed by atoms with E-state index >= 15 is 0 Å². The van der Waals surface area contributed by atoms with Gasteiger partial charge in [0.1, 0.15) is 11.6 Å². The van der Waals surface area contributed by atoms with Gasteiger partial charge in [-0.25, -0.2) is 8.78 Å². The van der Waals surface area contributed by atoms with Gasteiger partial charge in [-0.15, -0.1) is 0 Å². The van der Waals surface area contributed by atoms with Crippen LogP contribution in [0.15, 0.2) is 18.2 Å². The Morgan fingerprint density at radius 1 is 1.17 bits per heavy atom. The lowest BCUT2D eigenvalue weighted by Gasteiger charge is -2.26. The number of nitrogens with two attached hydrogens (primary N) is 1. The molecular weight excluding hydrogens is 234 g/mol. The van der Waals surface area contributed by atoms with Crippen molar-refractivity contribution in [3.8, 4) is 0 Å². The van der Waals surface area contributed by atoms with Crippen LogP contribution < -0.4 is 11.1 Å². The van der Waals surface area contributed by atoms with Crippen LogP contribution in [0.1, 0.15) is 31.2 Å². The van der Waals surface area contributed by atoms with Crippen molar-refractivity contribution in [2.24, 2.45) is 5.73 Å². The lowest BCUT2D eigenvalue weighted by molar-refractivity contribution is 0.344. The molecule has 0 aromatic heterocycles. The molecule has 0 radical (unpaired) electrons. The zero-order valence-electron chi connectivity index (χ0n) is 10.5. The second-order valence-electron chi connectivity index (χ2n) is 5.05. The van der Waals surface area contributed by atoms with Crippen molar-refractivity contribution in [3.63, 3.8) is 0 Å². The second-order valence-corrected chi connectivity index (χ2v) is 5.05. The first-order valence-electron chi connectivity index (χ1n) is 6.58. The molecule has 1 aliphatic carbocycles. The Kier molecular flexibility index (Phi) is 4.66. The molecule has 0 unspecified atom stereocenters. The van der Waals surface area contributed by atoms with Crippen molar-refractivity contribution in [2.75, 3.05) is 6.54 Å². The summed E-state index contributed by atoms with van der Waals surface area (Å²) < 4.78 is 26.1. The molecule has 2 nitrogen and oxygen atoms in total. The maximum absolute atomic E-state index is 13.4. The summed E-state index contributed by atoms with van der Waals surface area (Å²) in [5.74, 6) is -0.979. The summed E-state index contributed by atoms with van der Waals surface area (Å²) in [4.78, 5) is 0. The highest BCUT2D eigenvalue weighted by molar-refractivity contribution is 5.18. The Bertz CT molecular complexity index is 387. The second kappa shape index (κ2) is 6.25. The molecule has 4 heteroatoms. The van der Waals surface area contributed by atoms with Crippen LogP contribution in [0.2, 0.25) is 0 Å². The van der Waals surface area contributed by atoms with Crippen LogP contribution in [0.5, 0.6) is 0 Å². The molecule has 0 aliphatic heterocycles. The molecule has 1 aliphatic rings. The van der Waals surface area contributed by atoms with Crippen molar-refractivity contribution in [3.05, 3.63) is 35.4 Å². The number of hydrogen-bond donors (Lipinski definition) is 2. The zero-order valence-corrected chi connectivity index (χ0v) is 10.5. The number of rotatable bonds is 4. The fraction of sp³-hybridized carbons (Fsp3) is 0.571. The normalized spacial score (nSPS) is 24.2. The third-order valence-electron chi connectivity index (χ3n) is 3.61. The monoisotopic (exact) mass is 254 g/mol. The van der Waals surface area contributed by atoms with Gasteiger partial charge in [-0.2, -0.15) is 0 Å². The number of halogens is 2. The maximum atomic E-state index is 13.4. The summed E-state index contributed by atoms with van der Waals surface area (Å²) in [6.07, 6.45) is 4.89. The van der Waals surface area contributed by atoms with Gasteiger partial charge in [0.2, 0.25) is 0 Å². The quantitative estimate of drug-likeness (QED) is 0.865. The van der Waals surface area contributed by atoms with E-state index in [-0.39, 0.29) is 0 Å². The van der Waals surface area contributed by atoms with E-state index in [4.69, 9.17) is 5.73 Å². The van der Waals surface area contributed by atoms with E-state index in [1.165, 1.54) is 12.1 Å². The Balaban J connectivity index is 1.75. The lowest BCUT2D eigenvalue weighted by atomic mass is 9.92. The van der Waals surface area contributed by atoms with Crippen molar-refractivity contribution >= 4 is 0 Å². The molecule has 0 spiro atoms. The third kappa shape index (κ3) is 3.75. The molecule has 1 saturated carbocycles. The van der Waals surface area contributed by atoms with Gasteiger partial charge < -0.3 is 11.1 Å². The van der Waals surface area contributed by atoms with Crippen LogP contribution in [0.4, 0.5) is 8.78 Å². The minimum atomic E-state index is -0.523. The fourth-order valence-corrected chi connectivity index (χ4v) is 2.46. The van der Waals surface area contributed by atoms with Gasteiger partial charge in [0.05, 0.1) is 0 Å². The summed E-state index contributed by atoms with van der Waals surface area (Å²) in [6.45, 7) is 0.725. The van der Waals surface area contributed by atoms with Crippen LogP contribution in [0, 0.1) is 11.6 Å². The van der Waals surface area contributed by atoms with Gasteiger partial charge >= 0.3 is 0 Å². The van der Waals surface area contributed by atoms with E-state index in [0.29, 0.717) is 24.1 Å². The first kappa shape index (κ1) is 13.4. The van der Waals surface area contributed by atoms with Gasteiger partial charge in [-0.1, -0.05) is 6.07 Å². The summed E-state index contributed by atoms with van der Waals surface area (Å²) in [5.41, 5.74) is 6.40. The minimum absolute atomic E-state index is 0.345. The van der Waals surface area contributed by atoms with Crippen LogP contribution in [0.3, 0.4) is 0 Å². The molecule has 1 fully saturated rings. The van der Waals surface area contributed by atoms with Gasteiger partial charge in [0.15, 0.2) is 0 Å². The topological polar surface area (TPSA) is 38.0 Å². The van der Waals surface area contributed by atoms with E-state index in [2.05, 4.69) is 5.32 Å². The summed E-state index contributed by atoms with van der Waals surface area (Å²) in [5, 5.41) is 3.42. The molecule has 0 bridgehead atoms. The van der Waals surface area contributed by atoms with Crippen molar-refractivity contribution in [1.29, 1.82) is 0 Å². The van der Waals surface area contributed by atoms with Crippen LogP contribution in [-0.4, -0.2) is 18.6 Å². The molecule has 0 atom stereocenters. The first-order chi connectivity index (χ1) is 8.65. The van der Waals surface area contributed by atoms with Crippen LogP contribution in [-0.2, 0) is 6.42 Å². The van der Waals surface area contributed by atoms with E-state index in [9.17, 15) is 8.78 Å². The molecule has 3 N–H and O–H groups in total. The molecule has 0 saturated heterocycles. The molecular formula is C14H20F2N2. The Labute approximate surface area is 107 Å². The molecule has 2 rings (SSSR count). The highest BCUT2D eigenvalue weighted by Crippen LogP contribution is 2.17. The molecule has 1 aromatic carbocycles. The summed E-state index contributed by atoms with van der Waals surface area (Å²) in [6, 6.07) is 4.60. The molecule has 1 aromatic rings. The van der Waals surface area contributed by atoms with Gasteiger partial charge in [-0.05, 0) is 50.3 Å². The summed E-state index contributed by atoms with van der Waals surface area (Å²) >= 11 is 0. The SMILES string of the molecule is NC1CCC(NCCc2ccc(F)cc2F)CC1. The van der Waals surface area contributed by atoms with Crippen molar-refractivity contribution < 1.29 is 8.78 Å². The highest BCUT2D eigenvalue weighted by Gasteiger charge is 2.17. The standard InChI is InChI=1S/C14H20F2N2/c15-11-2-1-10(14(16)9-11)7-8-18-13-5-3-12(17)4-6-13/h1-2,9,12-13,18H,3-8,17H2. The maximum Gasteiger partial charge on any atom is 0.129 e. The molecule has 18 heavy (non-hydrogen) atoms. The predicted octanol–water partition coefficient (Wildman–Crippen LogP) is 2.37. The lowest BCUT2D eigenvalue weighted by Crippen LogP contribution is -2.38. The Morgan fingerprint density at radius 3 is 2.56 bits per heavy atom. The van der Waals surface area contributed by atoms with E-state index in [1.54, 1.807) is 0 Å². The average molecular weight is 254 g/mol. The Hall–Kier alpha value is -1.00. The van der Waals surface area contributed by atoms with Crippen molar-refractivity contribution in [1.82, 2.24) is 5.32 Å². The third-order valence-corrected chi connectivity index (χ3v) is 3.61.